The van der Waals surface area contributed by atoms with Crippen LogP contribution in [0.4, 0.5) is 4.39 Å². The molecule has 32 heavy (non-hydrogen) atoms. The fraction of sp³-hybridized carbons (Fsp3) is 0.385. The highest BCUT2D eigenvalue weighted by Crippen LogP contribution is 2.44. The lowest BCUT2D eigenvalue weighted by molar-refractivity contribution is -0.141. The molecule has 5 nitrogen and oxygen atoms in total. The van der Waals surface area contributed by atoms with Gasteiger partial charge in [0.2, 0.25) is 0 Å². The maximum Gasteiger partial charge on any atom is 0.295 e. The summed E-state index contributed by atoms with van der Waals surface area (Å²) in [6.45, 7) is 4.45. The number of carbonyl (C=O) groups excluding carboxylic acids is 2. The Kier molecular flexibility index (Phi) is 6.31. The molecule has 1 saturated heterocycles. The lowest BCUT2D eigenvalue weighted by Gasteiger charge is -2.31. The van der Waals surface area contributed by atoms with Gasteiger partial charge in [-0.25, -0.2) is 4.39 Å². The molecule has 1 saturated carbocycles. The monoisotopic (exact) mass is 437 g/mol. The van der Waals surface area contributed by atoms with Gasteiger partial charge in [0, 0.05) is 17.2 Å². The second-order valence-electron chi connectivity index (χ2n) is 8.49. The number of benzene rings is 2. The number of ether oxygens (including phenoxy) is 1. The SMILES string of the molecule is CCCOc1ccc(/C(O)=C2\C(=O)C(=O)N(C3CCCC3)C2c2ccccc2F)cc1C. The van der Waals surface area contributed by atoms with Crippen LogP contribution in [0.15, 0.2) is 48.0 Å². The van der Waals surface area contributed by atoms with Crippen LogP contribution < -0.4 is 4.74 Å². The normalized spacial score (nSPS) is 20.8. The van der Waals surface area contributed by atoms with E-state index < -0.39 is 23.5 Å². The topological polar surface area (TPSA) is 66.8 Å². The van der Waals surface area contributed by atoms with E-state index in [0.29, 0.717) is 17.9 Å². The van der Waals surface area contributed by atoms with Crippen LogP contribution in [-0.4, -0.2) is 34.3 Å². The molecule has 1 atom stereocenters. The fourth-order valence-corrected chi connectivity index (χ4v) is 4.74. The van der Waals surface area contributed by atoms with Crippen molar-refractivity contribution in [2.45, 2.75) is 58.0 Å². The van der Waals surface area contributed by atoms with Crippen LogP contribution in [0.3, 0.4) is 0 Å². The summed E-state index contributed by atoms with van der Waals surface area (Å²) in [5.74, 6) is -1.55. The van der Waals surface area contributed by atoms with E-state index in [0.717, 1.165) is 37.7 Å². The van der Waals surface area contributed by atoms with Gasteiger partial charge in [0.15, 0.2) is 0 Å². The number of hydrogen-bond donors (Lipinski definition) is 1. The van der Waals surface area contributed by atoms with E-state index >= 15 is 0 Å². The third kappa shape index (κ3) is 3.90. The van der Waals surface area contributed by atoms with Gasteiger partial charge in [-0.1, -0.05) is 38.0 Å². The van der Waals surface area contributed by atoms with Gasteiger partial charge in [-0.15, -0.1) is 0 Å². The van der Waals surface area contributed by atoms with E-state index in [1.54, 1.807) is 36.4 Å². The van der Waals surface area contributed by atoms with Gasteiger partial charge in [-0.2, -0.15) is 0 Å². The first kappa shape index (κ1) is 22.1. The Bertz CT molecular complexity index is 1070. The molecule has 2 fully saturated rings. The number of nitrogens with zero attached hydrogens (tertiary/aromatic N) is 1. The number of aliphatic hydroxyl groups excluding tert-OH is 1. The van der Waals surface area contributed by atoms with Crippen LogP contribution in [0.25, 0.3) is 5.76 Å². The molecule has 1 aliphatic carbocycles. The van der Waals surface area contributed by atoms with E-state index in [9.17, 15) is 19.1 Å². The molecule has 2 aliphatic rings. The first-order chi connectivity index (χ1) is 15.4. The Labute approximate surface area is 187 Å². The van der Waals surface area contributed by atoms with Gasteiger partial charge in [0.25, 0.3) is 11.7 Å². The Morgan fingerprint density at radius 3 is 2.53 bits per heavy atom. The third-order valence-corrected chi connectivity index (χ3v) is 6.31. The number of aliphatic hydroxyl groups is 1. The zero-order valence-electron chi connectivity index (χ0n) is 18.4. The van der Waals surface area contributed by atoms with Crippen LogP contribution in [0.1, 0.15) is 61.8 Å². The Morgan fingerprint density at radius 1 is 1.16 bits per heavy atom. The minimum atomic E-state index is -0.948. The van der Waals surface area contributed by atoms with E-state index in [1.807, 2.05) is 13.8 Å². The van der Waals surface area contributed by atoms with Gasteiger partial charge in [0.05, 0.1) is 18.2 Å². The molecule has 2 aromatic carbocycles. The summed E-state index contributed by atoms with van der Waals surface area (Å²) in [5.41, 5.74) is 1.36. The van der Waals surface area contributed by atoms with Crippen molar-refractivity contribution < 1.29 is 23.8 Å². The Hall–Kier alpha value is -3.15. The van der Waals surface area contributed by atoms with Crippen molar-refractivity contribution in [2.75, 3.05) is 6.61 Å². The zero-order chi connectivity index (χ0) is 22.8. The summed E-state index contributed by atoms with van der Waals surface area (Å²) in [6.07, 6.45) is 4.31. The molecule has 0 bridgehead atoms. The number of rotatable bonds is 6. The van der Waals surface area contributed by atoms with Crippen molar-refractivity contribution in [1.29, 1.82) is 0 Å². The molecule has 1 N–H and O–H groups in total. The predicted molar refractivity (Wildman–Crippen MR) is 120 cm³/mol. The Morgan fingerprint density at radius 2 is 1.88 bits per heavy atom. The molecule has 1 heterocycles. The molecule has 168 valence electrons. The highest BCUT2D eigenvalue weighted by Gasteiger charge is 2.49. The molecular formula is C26H28FNO4. The van der Waals surface area contributed by atoms with Gasteiger partial charge < -0.3 is 14.7 Å². The highest BCUT2D eigenvalue weighted by molar-refractivity contribution is 6.46. The van der Waals surface area contributed by atoms with Crippen molar-refractivity contribution in [2.24, 2.45) is 0 Å². The van der Waals surface area contributed by atoms with E-state index in [-0.39, 0.29) is 22.9 Å². The number of aryl methyl sites for hydroxylation is 1. The molecule has 1 aliphatic heterocycles. The minimum Gasteiger partial charge on any atom is -0.507 e. The molecule has 1 amide bonds. The average Bonchev–Trinajstić information content (AvgIpc) is 3.40. The lowest BCUT2D eigenvalue weighted by atomic mass is 9.94. The molecule has 0 aromatic heterocycles. The first-order valence-electron chi connectivity index (χ1n) is 11.2. The van der Waals surface area contributed by atoms with Crippen molar-refractivity contribution in [3.05, 3.63) is 70.5 Å². The highest BCUT2D eigenvalue weighted by atomic mass is 19.1. The van der Waals surface area contributed by atoms with Crippen LogP contribution in [0.5, 0.6) is 5.75 Å². The molecule has 0 radical (unpaired) electrons. The molecule has 4 rings (SSSR count). The summed E-state index contributed by atoms with van der Waals surface area (Å²) in [4.78, 5) is 27.7. The lowest BCUT2D eigenvalue weighted by Crippen LogP contribution is -2.38. The first-order valence-corrected chi connectivity index (χ1v) is 11.2. The van der Waals surface area contributed by atoms with E-state index in [1.165, 1.54) is 11.0 Å². The standard InChI is InChI=1S/C26H28FNO4/c1-3-14-32-21-13-12-17(15-16(21)2)24(29)22-23(19-10-6-7-11-20(19)27)28(26(31)25(22)30)18-8-4-5-9-18/h6-7,10-13,15,18,23,29H,3-5,8-9,14H2,1-2H3/b24-22+. The summed E-state index contributed by atoms with van der Waals surface area (Å²) >= 11 is 0. The maximum atomic E-state index is 14.9. The molecule has 0 spiro atoms. The molecule has 2 aromatic rings. The average molecular weight is 438 g/mol. The number of carbonyl (C=O) groups is 2. The van der Waals surface area contributed by atoms with Gasteiger partial charge in [-0.3, -0.25) is 9.59 Å². The minimum absolute atomic E-state index is 0.0615. The number of hydrogen-bond acceptors (Lipinski definition) is 4. The van der Waals surface area contributed by atoms with E-state index in [2.05, 4.69) is 0 Å². The van der Waals surface area contributed by atoms with Crippen molar-refractivity contribution in [3.8, 4) is 5.75 Å². The number of Topliss-reactive ketones (excluding diaryl/α,β-unsaturated/α-hetero) is 1. The zero-order valence-corrected chi connectivity index (χ0v) is 18.4. The predicted octanol–water partition coefficient (Wildman–Crippen LogP) is 5.29. The van der Waals surface area contributed by atoms with E-state index in [4.69, 9.17) is 4.74 Å². The van der Waals surface area contributed by atoms with Gasteiger partial charge in [0.1, 0.15) is 17.3 Å². The van der Waals surface area contributed by atoms with Gasteiger partial charge in [-0.05, 0) is 56.0 Å². The van der Waals surface area contributed by atoms with Crippen molar-refractivity contribution in [1.82, 2.24) is 4.90 Å². The smallest absolute Gasteiger partial charge is 0.295 e. The van der Waals surface area contributed by atoms with Crippen molar-refractivity contribution >= 4 is 17.4 Å². The summed E-state index contributed by atoms with van der Waals surface area (Å²) in [7, 11) is 0. The molecule has 1 unspecified atom stereocenters. The summed E-state index contributed by atoms with van der Waals surface area (Å²) in [6, 6.07) is 10.2. The second kappa shape index (κ2) is 9.15. The maximum absolute atomic E-state index is 14.9. The summed E-state index contributed by atoms with van der Waals surface area (Å²) in [5, 5.41) is 11.2. The largest absolute Gasteiger partial charge is 0.507 e. The van der Waals surface area contributed by atoms with Gasteiger partial charge >= 0.3 is 0 Å². The third-order valence-electron chi connectivity index (χ3n) is 6.31. The molecular weight excluding hydrogens is 409 g/mol. The molecule has 6 heteroatoms. The number of amides is 1. The number of ketones is 1. The second-order valence-corrected chi connectivity index (χ2v) is 8.49. The Balaban J connectivity index is 1.83. The fourth-order valence-electron chi connectivity index (χ4n) is 4.74. The summed E-state index contributed by atoms with van der Waals surface area (Å²) < 4.78 is 20.6. The van der Waals surface area contributed by atoms with Crippen molar-refractivity contribution in [3.63, 3.8) is 0 Å². The van der Waals surface area contributed by atoms with Crippen LogP contribution >= 0.6 is 0 Å². The number of halogens is 1. The van der Waals surface area contributed by atoms with Crippen LogP contribution in [0.2, 0.25) is 0 Å². The van der Waals surface area contributed by atoms with Crippen LogP contribution in [-0.2, 0) is 9.59 Å². The quantitative estimate of drug-likeness (QED) is 0.379. The number of likely N-dealkylation sites (tertiary alicyclic amines) is 1. The van der Waals surface area contributed by atoms with Crippen LogP contribution in [0, 0.1) is 12.7 Å².